The van der Waals surface area contributed by atoms with Gasteiger partial charge in [-0.05, 0) is 74.1 Å². The molecule has 2 aromatic heterocycles. The van der Waals surface area contributed by atoms with Gasteiger partial charge >= 0.3 is 0 Å². The van der Waals surface area contributed by atoms with Crippen molar-refractivity contribution in [3.8, 4) is 17.2 Å². The van der Waals surface area contributed by atoms with Crippen LogP contribution in [-0.2, 0) is 0 Å². The number of fused-ring (bicyclic) bond motifs is 1. The maximum absolute atomic E-state index is 5.86. The Morgan fingerprint density at radius 3 is 2.50 bits per heavy atom. The van der Waals surface area contributed by atoms with E-state index in [1.54, 1.807) is 0 Å². The molecule has 0 radical (unpaired) electrons. The Bertz CT molecular complexity index is 1370. The molecule has 0 bridgehead atoms. The Balaban J connectivity index is 1.50. The van der Waals surface area contributed by atoms with Crippen molar-refractivity contribution in [1.82, 2.24) is 14.9 Å². The second-order valence-electron chi connectivity index (χ2n) is 8.53. The van der Waals surface area contributed by atoms with E-state index in [2.05, 4.69) is 63.9 Å². The number of anilines is 1. The van der Waals surface area contributed by atoms with Gasteiger partial charge in [-0.15, -0.1) is 0 Å². The van der Waals surface area contributed by atoms with Gasteiger partial charge in [0.15, 0.2) is 16.6 Å². The molecule has 170 valence electrons. The van der Waals surface area contributed by atoms with Gasteiger partial charge in [0.1, 0.15) is 0 Å². The van der Waals surface area contributed by atoms with Gasteiger partial charge in [0.2, 0.25) is 6.79 Å². The van der Waals surface area contributed by atoms with Crippen LogP contribution in [-0.4, -0.2) is 21.5 Å². The zero-order valence-electron chi connectivity index (χ0n) is 18.9. The van der Waals surface area contributed by atoms with Crippen molar-refractivity contribution < 1.29 is 9.47 Å². The van der Waals surface area contributed by atoms with Crippen LogP contribution in [0.5, 0.6) is 11.5 Å². The smallest absolute Gasteiger partial charge is 0.231 e. The zero-order valence-corrected chi connectivity index (χ0v) is 19.8. The highest BCUT2D eigenvalue weighted by atomic mass is 32.1. The molecule has 6 rings (SSSR count). The maximum Gasteiger partial charge on any atom is 0.231 e. The van der Waals surface area contributed by atoms with Crippen LogP contribution < -0.4 is 19.7 Å². The number of aromatic nitrogens is 2. The molecule has 0 saturated carbocycles. The lowest BCUT2D eigenvalue weighted by Gasteiger charge is -2.28. The van der Waals surface area contributed by atoms with Crippen molar-refractivity contribution in [1.29, 1.82) is 0 Å². The Morgan fingerprint density at radius 1 is 0.912 bits per heavy atom. The lowest BCUT2D eigenvalue weighted by atomic mass is 9.96. The molecule has 2 atom stereocenters. The Hall–Kier alpha value is -3.84. The Morgan fingerprint density at radius 2 is 1.71 bits per heavy atom. The third-order valence-corrected chi connectivity index (χ3v) is 6.85. The summed E-state index contributed by atoms with van der Waals surface area (Å²) in [6.07, 6.45) is 1.83. The predicted molar refractivity (Wildman–Crippen MR) is 136 cm³/mol. The first kappa shape index (κ1) is 20.7. The van der Waals surface area contributed by atoms with Gasteiger partial charge in [-0.2, -0.15) is 0 Å². The van der Waals surface area contributed by atoms with Crippen LogP contribution in [0.2, 0.25) is 0 Å². The summed E-state index contributed by atoms with van der Waals surface area (Å²) in [6, 6.07) is 24.5. The summed E-state index contributed by atoms with van der Waals surface area (Å²) in [5, 5.41) is 4.24. The number of para-hydroxylation sites is 1. The highest BCUT2D eigenvalue weighted by Crippen LogP contribution is 2.44. The molecule has 1 N–H and O–H groups in total. The highest BCUT2D eigenvalue weighted by molar-refractivity contribution is 7.80. The summed E-state index contributed by atoms with van der Waals surface area (Å²) in [7, 11) is 0. The maximum atomic E-state index is 5.86. The number of nitrogens with one attached hydrogen (secondary N) is 1. The molecule has 6 nitrogen and oxygen atoms in total. The fourth-order valence-electron chi connectivity index (χ4n) is 5.05. The van der Waals surface area contributed by atoms with Crippen LogP contribution in [0, 0.1) is 13.8 Å². The largest absolute Gasteiger partial charge is 0.454 e. The van der Waals surface area contributed by atoms with E-state index in [1.165, 1.54) is 5.56 Å². The SMILES string of the molecule is Cc1cc(C2C(c3ccccn3)NC(=S)N2c2ccccc2)c(C)n1-c1ccc2c(c1)OCO2. The molecule has 0 amide bonds. The summed E-state index contributed by atoms with van der Waals surface area (Å²) < 4.78 is 13.4. The van der Waals surface area contributed by atoms with Crippen molar-refractivity contribution in [3.63, 3.8) is 0 Å². The van der Waals surface area contributed by atoms with E-state index >= 15 is 0 Å². The number of hydrogen-bond acceptors (Lipinski definition) is 4. The Kier molecular flexibility index (Phi) is 4.99. The fourth-order valence-corrected chi connectivity index (χ4v) is 5.39. The summed E-state index contributed by atoms with van der Waals surface area (Å²) in [5.41, 5.74) is 6.53. The van der Waals surface area contributed by atoms with E-state index in [0.717, 1.165) is 40.0 Å². The van der Waals surface area contributed by atoms with Gasteiger partial charge in [-0.3, -0.25) is 4.98 Å². The van der Waals surface area contributed by atoms with Crippen molar-refractivity contribution in [2.75, 3.05) is 11.7 Å². The lowest BCUT2D eigenvalue weighted by molar-refractivity contribution is 0.174. The van der Waals surface area contributed by atoms with Crippen LogP contribution in [0.1, 0.15) is 34.7 Å². The molecule has 2 aliphatic heterocycles. The van der Waals surface area contributed by atoms with Gasteiger partial charge in [0.25, 0.3) is 0 Å². The van der Waals surface area contributed by atoms with Crippen molar-refractivity contribution in [2.45, 2.75) is 25.9 Å². The molecule has 2 unspecified atom stereocenters. The minimum atomic E-state index is -0.0837. The van der Waals surface area contributed by atoms with Gasteiger partial charge in [0.05, 0.1) is 17.8 Å². The molecule has 7 heteroatoms. The predicted octanol–water partition coefficient (Wildman–Crippen LogP) is 5.39. The third kappa shape index (κ3) is 3.31. The van der Waals surface area contributed by atoms with Crippen LogP contribution in [0.15, 0.2) is 79.0 Å². The number of hydrogen-bond donors (Lipinski definition) is 1. The summed E-state index contributed by atoms with van der Waals surface area (Å²) in [6.45, 7) is 4.55. The number of pyridine rings is 1. The first-order valence-corrected chi connectivity index (χ1v) is 11.7. The quantitative estimate of drug-likeness (QED) is 0.405. The average Bonchev–Trinajstić information content (AvgIpc) is 3.54. The van der Waals surface area contributed by atoms with Crippen molar-refractivity contribution in [2.24, 2.45) is 0 Å². The monoisotopic (exact) mass is 468 g/mol. The number of nitrogens with zero attached hydrogens (tertiary/aromatic N) is 3. The number of ether oxygens (including phenoxy) is 2. The third-order valence-electron chi connectivity index (χ3n) is 6.54. The number of benzene rings is 2. The van der Waals surface area contributed by atoms with Crippen molar-refractivity contribution in [3.05, 3.63) is 102 Å². The normalized spacial score (nSPS) is 18.9. The first-order valence-electron chi connectivity index (χ1n) is 11.3. The molecule has 1 saturated heterocycles. The lowest BCUT2D eigenvalue weighted by Crippen LogP contribution is -2.29. The summed E-state index contributed by atoms with van der Waals surface area (Å²) in [4.78, 5) is 6.88. The van der Waals surface area contributed by atoms with E-state index in [9.17, 15) is 0 Å². The van der Waals surface area contributed by atoms with Crippen LogP contribution >= 0.6 is 12.2 Å². The van der Waals surface area contributed by atoms with Crippen molar-refractivity contribution >= 4 is 23.0 Å². The Labute approximate surface area is 203 Å². The second kappa shape index (κ2) is 8.18. The number of thiocarbonyl (C=S) groups is 1. The minimum Gasteiger partial charge on any atom is -0.454 e. The van der Waals surface area contributed by atoms with E-state index in [4.69, 9.17) is 21.7 Å². The fraction of sp³-hybridized carbons (Fsp3) is 0.185. The summed E-state index contributed by atoms with van der Waals surface area (Å²) >= 11 is 5.86. The first-order chi connectivity index (χ1) is 16.6. The van der Waals surface area contributed by atoms with Crippen LogP contribution in [0.3, 0.4) is 0 Å². The molecule has 4 aromatic rings. The molecule has 0 aliphatic carbocycles. The van der Waals surface area contributed by atoms with Gasteiger partial charge in [-0.1, -0.05) is 24.3 Å². The van der Waals surface area contributed by atoms with Gasteiger partial charge in [-0.25, -0.2) is 0 Å². The standard InChI is InChI=1S/C27H24N4O2S/c1-17-14-21(18(2)30(17)20-11-12-23-24(15-20)33-16-32-23)26-25(22-10-6-7-13-28-22)29-27(34)31(26)19-8-4-3-5-9-19/h3-15,25-26H,16H2,1-2H3,(H,29,34). The molecule has 2 aliphatic rings. The molecule has 4 heterocycles. The van der Waals surface area contributed by atoms with E-state index in [1.807, 2.05) is 48.7 Å². The topological polar surface area (TPSA) is 51.6 Å². The van der Waals surface area contributed by atoms with Crippen LogP contribution in [0.25, 0.3) is 5.69 Å². The van der Waals surface area contributed by atoms with Gasteiger partial charge in [0, 0.05) is 35.0 Å². The molecular weight excluding hydrogens is 444 g/mol. The van der Waals surface area contributed by atoms with E-state index in [-0.39, 0.29) is 18.9 Å². The number of aryl methyl sites for hydroxylation is 1. The summed E-state index contributed by atoms with van der Waals surface area (Å²) in [5.74, 6) is 1.55. The molecular formula is C27H24N4O2S. The highest BCUT2D eigenvalue weighted by Gasteiger charge is 2.42. The van der Waals surface area contributed by atoms with Crippen LogP contribution in [0.4, 0.5) is 5.69 Å². The molecule has 34 heavy (non-hydrogen) atoms. The van der Waals surface area contributed by atoms with E-state index < -0.39 is 0 Å². The number of rotatable bonds is 4. The zero-order chi connectivity index (χ0) is 23.2. The average molecular weight is 469 g/mol. The second-order valence-corrected chi connectivity index (χ2v) is 8.92. The minimum absolute atomic E-state index is 0.0567. The molecule has 2 aromatic carbocycles. The van der Waals surface area contributed by atoms with E-state index in [0.29, 0.717) is 5.11 Å². The molecule has 0 spiro atoms. The van der Waals surface area contributed by atoms with Gasteiger partial charge < -0.3 is 24.3 Å². The molecule has 1 fully saturated rings.